The van der Waals surface area contributed by atoms with Crippen molar-refractivity contribution >= 4 is 12.3 Å². The molecule has 1 N–H and O–H groups in total. The lowest BCUT2D eigenvalue weighted by Crippen LogP contribution is -2.26. The zero-order valence-electron chi connectivity index (χ0n) is 16.4. The van der Waals surface area contributed by atoms with Crippen molar-refractivity contribution in [3.05, 3.63) is 25.3 Å². The molecule has 0 aliphatic heterocycles. The van der Waals surface area contributed by atoms with Crippen molar-refractivity contribution in [2.75, 3.05) is 6.61 Å². The molecule has 0 aliphatic carbocycles. The minimum Gasteiger partial charge on any atom is -0.479 e. The standard InChI is InChI=1S/C22H38O4/c1-3-5-7-9-11-15-20(16-12-10-8-6-4-2)19-26-21(22(24)25)17-13-14-18-23/h3-4,18,20-21H,1-2,5-17,19H2,(H,24,25). The van der Waals surface area contributed by atoms with Gasteiger partial charge in [0.25, 0.3) is 0 Å². The maximum absolute atomic E-state index is 11.3. The summed E-state index contributed by atoms with van der Waals surface area (Å²) < 4.78 is 5.72. The zero-order chi connectivity index (χ0) is 19.5. The number of carboxylic acids is 1. The number of hydrogen-bond donors (Lipinski definition) is 1. The van der Waals surface area contributed by atoms with Gasteiger partial charge in [-0.3, -0.25) is 0 Å². The molecule has 0 saturated carbocycles. The molecule has 0 fully saturated rings. The van der Waals surface area contributed by atoms with E-state index in [1.54, 1.807) is 0 Å². The van der Waals surface area contributed by atoms with Gasteiger partial charge in [-0.2, -0.15) is 0 Å². The van der Waals surface area contributed by atoms with Gasteiger partial charge in [0.1, 0.15) is 6.29 Å². The minimum atomic E-state index is -0.924. The molecule has 0 aromatic rings. The third-order valence-electron chi connectivity index (χ3n) is 4.64. The van der Waals surface area contributed by atoms with E-state index in [4.69, 9.17) is 4.74 Å². The molecular formula is C22H38O4. The summed E-state index contributed by atoms with van der Waals surface area (Å²) in [4.78, 5) is 21.7. The van der Waals surface area contributed by atoms with E-state index in [-0.39, 0.29) is 0 Å². The zero-order valence-corrected chi connectivity index (χ0v) is 16.4. The van der Waals surface area contributed by atoms with Crippen LogP contribution < -0.4 is 0 Å². The summed E-state index contributed by atoms with van der Waals surface area (Å²) in [6.45, 7) is 8.00. The number of unbranched alkanes of at least 4 members (excludes halogenated alkanes) is 7. The predicted octanol–water partition coefficient (Wildman–Crippen LogP) is 5.71. The van der Waals surface area contributed by atoms with Crippen molar-refractivity contribution in [3.8, 4) is 0 Å². The lowest BCUT2D eigenvalue weighted by molar-refractivity contribution is -0.152. The van der Waals surface area contributed by atoms with Crippen LogP contribution in [0.3, 0.4) is 0 Å². The Bertz CT molecular complexity index is 360. The van der Waals surface area contributed by atoms with Crippen LogP contribution in [0.2, 0.25) is 0 Å². The van der Waals surface area contributed by atoms with E-state index in [0.717, 1.165) is 44.8 Å². The van der Waals surface area contributed by atoms with E-state index in [9.17, 15) is 14.7 Å². The van der Waals surface area contributed by atoms with Crippen LogP contribution in [-0.2, 0) is 14.3 Å². The highest BCUT2D eigenvalue weighted by Crippen LogP contribution is 2.20. The molecule has 0 rings (SSSR count). The molecule has 4 heteroatoms. The summed E-state index contributed by atoms with van der Waals surface area (Å²) in [7, 11) is 0. The number of allylic oxidation sites excluding steroid dienone is 2. The van der Waals surface area contributed by atoms with Gasteiger partial charge in [-0.15, -0.1) is 13.2 Å². The van der Waals surface area contributed by atoms with Crippen molar-refractivity contribution in [1.29, 1.82) is 0 Å². The van der Waals surface area contributed by atoms with Gasteiger partial charge in [0.05, 0.1) is 6.61 Å². The summed E-state index contributed by atoms with van der Waals surface area (Å²) in [6, 6.07) is 0. The highest BCUT2D eigenvalue weighted by Gasteiger charge is 2.19. The van der Waals surface area contributed by atoms with E-state index < -0.39 is 12.1 Å². The predicted molar refractivity (Wildman–Crippen MR) is 107 cm³/mol. The number of carbonyl (C=O) groups excluding carboxylic acids is 1. The van der Waals surface area contributed by atoms with Crippen LogP contribution >= 0.6 is 0 Å². The maximum Gasteiger partial charge on any atom is 0.332 e. The monoisotopic (exact) mass is 366 g/mol. The normalized spacial score (nSPS) is 12.0. The Morgan fingerprint density at radius 3 is 1.88 bits per heavy atom. The Labute approximate surface area is 159 Å². The van der Waals surface area contributed by atoms with E-state index in [0.29, 0.717) is 31.8 Å². The first-order valence-electron chi connectivity index (χ1n) is 10.2. The van der Waals surface area contributed by atoms with Crippen molar-refractivity contribution in [2.45, 2.75) is 89.6 Å². The number of carbonyl (C=O) groups is 2. The fraction of sp³-hybridized carbons (Fsp3) is 0.727. The molecule has 1 atom stereocenters. The number of aldehydes is 1. The van der Waals surface area contributed by atoms with Gasteiger partial charge in [0.15, 0.2) is 6.10 Å². The molecule has 0 aromatic carbocycles. The Morgan fingerprint density at radius 2 is 1.42 bits per heavy atom. The van der Waals surface area contributed by atoms with Crippen molar-refractivity contribution in [2.24, 2.45) is 5.92 Å². The highest BCUT2D eigenvalue weighted by atomic mass is 16.5. The molecule has 0 bridgehead atoms. The molecule has 0 heterocycles. The SMILES string of the molecule is C=CCCCCCC(CCCCCC=C)COC(CCCC=O)C(=O)O. The van der Waals surface area contributed by atoms with Crippen LogP contribution in [-0.4, -0.2) is 30.1 Å². The van der Waals surface area contributed by atoms with Crippen molar-refractivity contribution in [3.63, 3.8) is 0 Å². The maximum atomic E-state index is 11.3. The first-order valence-corrected chi connectivity index (χ1v) is 10.2. The molecule has 26 heavy (non-hydrogen) atoms. The molecule has 1 unspecified atom stereocenters. The summed E-state index contributed by atoms with van der Waals surface area (Å²) in [6.07, 6.45) is 16.6. The van der Waals surface area contributed by atoms with Gasteiger partial charge < -0.3 is 14.6 Å². The first kappa shape index (κ1) is 24.6. The Hall–Kier alpha value is -1.42. The van der Waals surface area contributed by atoms with Crippen LogP contribution in [0, 0.1) is 5.92 Å². The van der Waals surface area contributed by atoms with Gasteiger partial charge >= 0.3 is 5.97 Å². The number of rotatable bonds is 20. The lowest BCUT2D eigenvalue weighted by atomic mass is 9.95. The average Bonchev–Trinajstić information content (AvgIpc) is 2.63. The number of aliphatic carboxylic acids is 1. The Kier molecular flexibility index (Phi) is 17.4. The van der Waals surface area contributed by atoms with E-state index in [1.165, 1.54) is 25.7 Å². The summed E-state index contributed by atoms with van der Waals surface area (Å²) in [5.41, 5.74) is 0. The molecule has 4 nitrogen and oxygen atoms in total. The second-order valence-corrected chi connectivity index (χ2v) is 6.98. The summed E-state index contributed by atoms with van der Waals surface area (Å²) >= 11 is 0. The summed E-state index contributed by atoms with van der Waals surface area (Å²) in [5, 5.41) is 9.30. The largest absolute Gasteiger partial charge is 0.479 e. The smallest absolute Gasteiger partial charge is 0.332 e. The molecular weight excluding hydrogens is 328 g/mol. The number of carboxylic acid groups (broad SMARTS) is 1. The molecule has 0 saturated heterocycles. The number of ether oxygens (including phenoxy) is 1. The highest BCUT2D eigenvalue weighted by molar-refractivity contribution is 5.72. The third kappa shape index (κ3) is 14.9. The van der Waals surface area contributed by atoms with Gasteiger partial charge in [-0.05, 0) is 57.3 Å². The van der Waals surface area contributed by atoms with Crippen LogP contribution in [0.5, 0.6) is 0 Å². The van der Waals surface area contributed by atoms with Crippen LogP contribution in [0.4, 0.5) is 0 Å². The van der Waals surface area contributed by atoms with Crippen LogP contribution in [0.15, 0.2) is 25.3 Å². The lowest BCUT2D eigenvalue weighted by Gasteiger charge is -2.20. The molecule has 0 spiro atoms. The fourth-order valence-corrected chi connectivity index (χ4v) is 3.02. The van der Waals surface area contributed by atoms with Gasteiger partial charge in [-0.1, -0.05) is 37.8 Å². The Morgan fingerprint density at radius 1 is 0.846 bits per heavy atom. The third-order valence-corrected chi connectivity index (χ3v) is 4.64. The molecule has 150 valence electrons. The van der Waals surface area contributed by atoms with Crippen LogP contribution in [0.1, 0.15) is 83.5 Å². The second kappa shape index (κ2) is 18.4. The Balaban J connectivity index is 4.29. The fourth-order valence-electron chi connectivity index (χ4n) is 3.02. The average molecular weight is 367 g/mol. The van der Waals surface area contributed by atoms with Gasteiger partial charge in [0, 0.05) is 6.42 Å². The van der Waals surface area contributed by atoms with E-state index in [2.05, 4.69) is 13.2 Å². The summed E-state index contributed by atoms with van der Waals surface area (Å²) in [5.74, 6) is -0.512. The van der Waals surface area contributed by atoms with E-state index in [1.807, 2.05) is 12.2 Å². The molecule has 0 aromatic heterocycles. The van der Waals surface area contributed by atoms with E-state index >= 15 is 0 Å². The van der Waals surface area contributed by atoms with Crippen molar-refractivity contribution in [1.82, 2.24) is 0 Å². The molecule has 0 aliphatic rings. The van der Waals surface area contributed by atoms with Gasteiger partial charge in [-0.25, -0.2) is 4.79 Å². The first-order chi connectivity index (χ1) is 12.7. The van der Waals surface area contributed by atoms with Crippen LogP contribution in [0.25, 0.3) is 0 Å². The number of hydrogen-bond acceptors (Lipinski definition) is 3. The topological polar surface area (TPSA) is 63.6 Å². The second-order valence-electron chi connectivity index (χ2n) is 6.98. The quantitative estimate of drug-likeness (QED) is 0.170. The molecule has 0 radical (unpaired) electrons. The minimum absolute atomic E-state index is 0.392. The van der Waals surface area contributed by atoms with Gasteiger partial charge in [0.2, 0.25) is 0 Å². The molecule has 0 amide bonds. The van der Waals surface area contributed by atoms with Crippen molar-refractivity contribution < 1.29 is 19.4 Å².